The van der Waals surface area contributed by atoms with E-state index in [1.807, 2.05) is 0 Å². The largest absolute Gasteiger partial charge is 0.353 e. The smallest absolute Gasteiger partial charge is 0.224 e. The first kappa shape index (κ1) is 15.8. The van der Waals surface area contributed by atoms with Gasteiger partial charge >= 0.3 is 0 Å². The van der Waals surface area contributed by atoms with E-state index in [0.717, 1.165) is 25.7 Å². The van der Waals surface area contributed by atoms with Crippen molar-refractivity contribution >= 4 is 17.5 Å². The Bertz CT molecular complexity index is 531. The van der Waals surface area contributed by atoms with E-state index in [1.54, 1.807) is 12.1 Å². The molecular weight excluding hydrogens is 303 g/mol. The van der Waals surface area contributed by atoms with Gasteiger partial charge in [-0.15, -0.1) is 0 Å². The molecule has 2 bridgehead atoms. The first-order chi connectivity index (χ1) is 10.5. The zero-order chi connectivity index (χ0) is 15.7. The Morgan fingerprint density at radius 3 is 2.64 bits per heavy atom. The minimum atomic E-state index is -0.423. The number of carbonyl (C=O) groups excluding carboxylic acids is 1. The molecule has 0 heterocycles. The van der Waals surface area contributed by atoms with Crippen LogP contribution >= 0.6 is 11.6 Å². The van der Waals surface area contributed by atoms with Gasteiger partial charge in [0.1, 0.15) is 5.82 Å². The first-order valence-corrected chi connectivity index (χ1v) is 8.40. The van der Waals surface area contributed by atoms with Gasteiger partial charge in [-0.3, -0.25) is 4.79 Å². The van der Waals surface area contributed by atoms with E-state index in [2.05, 4.69) is 5.32 Å². The van der Waals surface area contributed by atoms with Gasteiger partial charge in [0.2, 0.25) is 5.91 Å². The molecule has 0 radical (unpaired) electrons. The highest BCUT2D eigenvalue weighted by Crippen LogP contribution is 2.39. The highest BCUT2D eigenvalue weighted by Gasteiger charge is 2.39. The number of nitrogens with one attached hydrogen (secondary N) is 1. The summed E-state index contributed by atoms with van der Waals surface area (Å²) in [7, 11) is 0. The van der Waals surface area contributed by atoms with Crippen LogP contribution in [-0.4, -0.2) is 18.0 Å². The Morgan fingerprint density at radius 2 is 2.00 bits per heavy atom. The SMILES string of the molecule is NC1CC2CCCC(C1)C2NC(=O)Cc1c(F)cccc1Cl. The molecule has 0 aliphatic heterocycles. The second kappa shape index (κ2) is 6.55. The lowest BCUT2D eigenvalue weighted by molar-refractivity contribution is -0.122. The van der Waals surface area contributed by atoms with Crippen molar-refractivity contribution in [1.82, 2.24) is 5.32 Å². The van der Waals surface area contributed by atoms with Crippen LogP contribution in [0.25, 0.3) is 0 Å². The summed E-state index contributed by atoms with van der Waals surface area (Å²) in [6, 6.07) is 4.94. The Hall–Kier alpha value is -1.13. The molecule has 2 unspecified atom stereocenters. The van der Waals surface area contributed by atoms with Gasteiger partial charge in [-0.2, -0.15) is 0 Å². The number of fused-ring (bicyclic) bond motifs is 2. The molecule has 0 aromatic heterocycles. The number of amides is 1. The van der Waals surface area contributed by atoms with Crippen LogP contribution in [0, 0.1) is 17.7 Å². The number of halogens is 2. The average Bonchev–Trinajstić information content (AvgIpc) is 2.44. The summed E-state index contributed by atoms with van der Waals surface area (Å²) in [5, 5.41) is 3.43. The third kappa shape index (κ3) is 3.28. The zero-order valence-electron chi connectivity index (χ0n) is 12.5. The Balaban J connectivity index is 1.67. The Kier molecular flexibility index (Phi) is 4.69. The third-order valence-electron chi connectivity index (χ3n) is 5.10. The van der Waals surface area contributed by atoms with Crippen LogP contribution in [-0.2, 0) is 11.2 Å². The van der Waals surface area contributed by atoms with Gasteiger partial charge in [-0.05, 0) is 49.7 Å². The van der Waals surface area contributed by atoms with E-state index < -0.39 is 5.82 Å². The number of nitrogens with two attached hydrogens (primary N) is 1. The van der Waals surface area contributed by atoms with Crippen molar-refractivity contribution in [1.29, 1.82) is 0 Å². The Labute approximate surface area is 135 Å². The molecule has 1 aromatic carbocycles. The molecular formula is C17H22ClFN2O. The second-order valence-corrected chi connectivity index (χ2v) is 7.06. The zero-order valence-corrected chi connectivity index (χ0v) is 13.3. The number of hydrogen-bond acceptors (Lipinski definition) is 2. The number of rotatable bonds is 3. The lowest BCUT2D eigenvalue weighted by Crippen LogP contribution is -2.54. The number of benzene rings is 1. The summed E-state index contributed by atoms with van der Waals surface area (Å²) >= 11 is 5.99. The number of hydrogen-bond donors (Lipinski definition) is 2. The molecule has 3 nitrogen and oxygen atoms in total. The normalized spacial score (nSPS) is 30.9. The maximum atomic E-state index is 13.8. The minimum absolute atomic E-state index is 0.00645. The van der Waals surface area contributed by atoms with Crippen molar-refractivity contribution in [3.05, 3.63) is 34.6 Å². The van der Waals surface area contributed by atoms with Crippen LogP contribution in [0.4, 0.5) is 4.39 Å². The van der Waals surface area contributed by atoms with Gasteiger partial charge in [0.05, 0.1) is 6.42 Å². The topological polar surface area (TPSA) is 55.1 Å². The van der Waals surface area contributed by atoms with Crippen molar-refractivity contribution in [2.45, 2.75) is 50.6 Å². The molecule has 22 heavy (non-hydrogen) atoms. The number of carbonyl (C=O) groups is 1. The summed E-state index contributed by atoms with van der Waals surface area (Å²) in [5.74, 6) is 0.350. The maximum Gasteiger partial charge on any atom is 0.224 e. The first-order valence-electron chi connectivity index (χ1n) is 8.02. The molecule has 2 atom stereocenters. The predicted octanol–water partition coefficient (Wildman–Crippen LogP) is 3.04. The molecule has 3 N–H and O–H groups in total. The monoisotopic (exact) mass is 324 g/mol. The van der Waals surface area contributed by atoms with E-state index in [9.17, 15) is 9.18 Å². The summed E-state index contributed by atoms with van der Waals surface area (Å²) in [5.41, 5.74) is 6.38. The standard InChI is InChI=1S/C17H22ClFN2O/c18-14-5-2-6-15(19)13(14)9-16(22)21-17-10-3-1-4-11(17)8-12(20)7-10/h2,5-6,10-12,17H,1,3-4,7-9,20H2,(H,21,22). The van der Waals surface area contributed by atoms with Crippen LogP contribution in [0.5, 0.6) is 0 Å². The predicted molar refractivity (Wildman–Crippen MR) is 85.1 cm³/mol. The van der Waals surface area contributed by atoms with Crippen molar-refractivity contribution < 1.29 is 9.18 Å². The average molecular weight is 325 g/mol. The Morgan fingerprint density at radius 1 is 1.32 bits per heavy atom. The summed E-state index contributed by atoms with van der Waals surface area (Å²) in [6.07, 6.45) is 5.40. The van der Waals surface area contributed by atoms with E-state index in [0.29, 0.717) is 16.9 Å². The lowest BCUT2D eigenvalue weighted by atomic mass is 9.67. The molecule has 2 aliphatic carbocycles. The van der Waals surface area contributed by atoms with Crippen LogP contribution in [0.1, 0.15) is 37.7 Å². The molecule has 2 aliphatic rings. The molecule has 0 spiro atoms. The van der Waals surface area contributed by atoms with E-state index >= 15 is 0 Å². The van der Waals surface area contributed by atoms with Gasteiger partial charge < -0.3 is 11.1 Å². The van der Waals surface area contributed by atoms with Crippen molar-refractivity contribution in [2.75, 3.05) is 0 Å². The van der Waals surface area contributed by atoms with Gasteiger partial charge in [-0.1, -0.05) is 24.1 Å². The van der Waals surface area contributed by atoms with Gasteiger partial charge in [-0.25, -0.2) is 4.39 Å². The molecule has 3 rings (SSSR count). The lowest BCUT2D eigenvalue weighted by Gasteiger charge is -2.45. The molecule has 0 saturated heterocycles. The highest BCUT2D eigenvalue weighted by atomic mass is 35.5. The quantitative estimate of drug-likeness (QED) is 0.898. The van der Waals surface area contributed by atoms with Crippen LogP contribution in [0.15, 0.2) is 18.2 Å². The van der Waals surface area contributed by atoms with E-state index in [-0.39, 0.29) is 30.0 Å². The molecule has 120 valence electrons. The van der Waals surface area contributed by atoms with Crippen molar-refractivity contribution in [2.24, 2.45) is 17.6 Å². The third-order valence-corrected chi connectivity index (χ3v) is 5.46. The molecule has 1 amide bonds. The summed E-state index contributed by atoms with van der Waals surface area (Å²) in [6.45, 7) is 0. The minimum Gasteiger partial charge on any atom is -0.353 e. The fourth-order valence-corrected chi connectivity index (χ4v) is 4.35. The fourth-order valence-electron chi connectivity index (χ4n) is 4.12. The highest BCUT2D eigenvalue weighted by molar-refractivity contribution is 6.31. The van der Waals surface area contributed by atoms with E-state index in [4.69, 9.17) is 17.3 Å². The van der Waals surface area contributed by atoms with E-state index in [1.165, 1.54) is 12.5 Å². The van der Waals surface area contributed by atoms with Gasteiger partial charge in [0, 0.05) is 22.7 Å². The summed E-state index contributed by atoms with van der Waals surface area (Å²) in [4.78, 5) is 12.3. The van der Waals surface area contributed by atoms with Crippen LogP contribution in [0.2, 0.25) is 5.02 Å². The van der Waals surface area contributed by atoms with Gasteiger partial charge in [0.25, 0.3) is 0 Å². The maximum absolute atomic E-state index is 13.8. The molecule has 2 saturated carbocycles. The van der Waals surface area contributed by atoms with Crippen molar-refractivity contribution in [3.8, 4) is 0 Å². The fraction of sp³-hybridized carbons (Fsp3) is 0.588. The summed E-state index contributed by atoms with van der Waals surface area (Å²) < 4.78 is 13.8. The van der Waals surface area contributed by atoms with Crippen LogP contribution in [0.3, 0.4) is 0 Å². The second-order valence-electron chi connectivity index (χ2n) is 6.65. The molecule has 2 fully saturated rings. The van der Waals surface area contributed by atoms with Crippen molar-refractivity contribution in [3.63, 3.8) is 0 Å². The van der Waals surface area contributed by atoms with Gasteiger partial charge in [0.15, 0.2) is 0 Å². The molecule has 5 heteroatoms. The molecule has 1 aromatic rings. The van der Waals surface area contributed by atoms with Crippen LogP contribution < -0.4 is 11.1 Å².